The van der Waals surface area contributed by atoms with Crippen LogP contribution in [0.2, 0.25) is 0 Å². The zero-order valence-corrected chi connectivity index (χ0v) is 12.2. The summed E-state index contributed by atoms with van der Waals surface area (Å²) in [6, 6.07) is 9.97. The first-order chi connectivity index (χ1) is 9.83. The molecule has 0 amide bonds. The van der Waals surface area contributed by atoms with Crippen LogP contribution in [0.1, 0.15) is 16.0 Å². The molecule has 0 fully saturated rings. The molecule has 2 rings (SSSR count). The number of nitrogens with two attached hydrogens (primary N) is 1. The molecule has 0 bridgehead atoms. The molecule has 0 spiro atoms. The fraction of sp³-hybridized carbons (Fsp3) is 0.250. The van der Waals surface area contributed by atoms with Crippen molar-refractivity contribution < 1.29 is 9.47 Å². The Morgan fingerprint density at radius 3 is 2.85 bits per heavy atom. The van der Waals surface area contributed by atoms with E-state index in [1.54, 1.807) is 18.4 Å². The Balaban J connectivity index is 2.01. The van der Waals surface area contributed by atoms with E-state index >= 15 is 0 Å². The largest absolute Gasteiger partial charge is 0.495 e. The van der Waals surface area contributed by atoms with Gasteiger partial charge in [-0.25, -0.2) is 0 Å². The minimum Gasteiger partial charge on any atom is -0.495 e. The summed E-state index contributed by atoms with van der Waals surface area (Å²) < 4.78 is 11.0. The van der Waals surface area contributed by atoms with Crippen molar-refractivity contribution in [3.63, 3.8) is 0 Å². The summed E-state index contributed by atoms with van der Waals surface area (Å²) in [5, 5.41) is 2.05. The molecule has 104 valence electrons. The topological polar surface area (TPSA) is 44.5 Å². The molecule has 0 aliphatic carbocycles. The normalized spacial score (nSPS) is 9.90. The Hall–Kier alpha value is -1.80. The van der Waals surface area contributed by atoms with Crippen molar-refractivity contribution in [3.05, 3.63) is 51.7 Å². The second-order valence-electron chi connectivity index (χ2n) is 4.11. The third kappa shape index (κ3) is 4.10. The third-order valence-electron chi connectivity index (χ3n) is 2.68. The van der Waals surface area contributed by atoms with Gasteiger partial charge < -0.3 is 15.2 Å². The van der Waals surface area contributed by atoms with Gasteiger partial charge in [0.1, 0.15) is 5.75 Å². The van der Waals surface area contributed by atoms with Crippen LogP contribution in [0.25, 0.3) is 0 Å². The number of ether oxygens (including phenoxy) is 2. The molecule has 1 heterocycles. The summed E-state index contributed by atoms with van der Waals surface area (Å²) >= 11 is 1.70. The molecule has 0 radical (unpaired) electrons. The molecule has 4 heteroatoms. The van der Waals surface area contributed by atoms with Gasteiger partial charge in [0, 0.05) is 4.88 Å². The first-order valence-electron chi connectivity index (χ1n) is 6.29. The van der Waals surface area contributed by atoms with E-state index in [1.807, 2.05) is 29.6 Å². The van der Waals surface area contributed by atoms with Crippen LogP contribution in [0.3, 0.4) is 0 Å². The molecule has 2 N–H and O–H groups in total. The molecular weight excluding hydrogens is 270 g/mol. The summed E-state index contributed by atoms with van der Waals surface area (Å²) in [4.78, 5) is 1.22. The molecule has 0 saturated heterocycles. The summed E-state index contributed by atoms with van der Waals surface area (Å²) in [5.41, 5.74) is 7.32. The van der Waals surface area contributed by atoms with E-state index in [0.29, 0.717) is 19.8 Å². The van der Waals surface area contributed by atoms with Crippen molar-refractivity contribution in [1.82, 2.24) is 0 Å². The Morgan fingerprint density at radius 1 is 1.25 bits per heavy atom. The van der Waals surface area contributed by atoms with Crippen molar-refractivity contribution in [2.45, 2.75) is 13.2 Å². The molecule has 20 heavy (non-hydrogen) atoms. The molecule has 0 aliphatic rings. The molecule has 0 aliphatic heterocycles. The lowest BCUT2D eigenvalue weighted by Gasteiger charge is -2.07. The van der Waals surface area contributed by atoms with E-state index in [9.17, 15) is 0 Å². The smallest absolute Gasteiger partial charge is 0.134 e. The molecular formula is C16H17NO2S. The van der Waals surface area contributed by atoms with E-state index in [4.69, 9.17) is 15.2 Å². The van der Waals surface area contributed by atoms with Crippen LogP contribution in [-0.4, -0.2) is 13.7 Å². The minimum atomic E-state index is 0.336. The number of benzene rings is 1. The first kappa shape index (κ1) is 14.6. The van der Waals surface area contributed by atoms with Gasteiger partial charge in [-0.1, -0.05) is 24.0 Å². The first-order valence-corrected chi connectivity index (χ1v) is 7.17. The predicted octanol–water partition coefficient (Wildman–Crippen LogP) is 2.78. The van der Waals surface area contributed by atoms with Crippen LogP contribution in [0.5, 0.6) is 5.75 Å². The number of methoxy groups -OCH3 is 1. The Kier molecular flexibility index (Phi) is 5.63. The van der Waals surface area contributed by atoms with E-state index in [-0.39, 0.29) is 0 Å². The van der Waals surface area contributed by atoms with Crippen molar-refractivity contribution in [1.29, 1.82) is 0 Å². The van der Waals surface area contributed by atoms with E-state index < -0.39 is 0 Å². The maximum atomic E-state index is 5.69. The van der Waals surface area contributed by atoms with Gasteiger partial charge in [0.15, 0.2) is 0 Å². The van der Waals surface area contributed by atoms with Crippen LogP contribution in [0.15, 0.2) is 35.7 Å². The highest BCUT2D eigenvalue weighted by Crippen LogP contribution is 2.20. The second-order valence-corrected chi connectivity index (χ2v) is 5.14. The van der Waals surface area contributed by atoms with Gasteiger partial charge in [0.05, 0.1) is 32.4 Å². The van der Waals surface area contributed by atoms with Crippen LogP contribution < -0.4 is 10.5 Å². The molecule has 2 aromatic rings. The highest BCUT2D eigenvalue weighted by Gasteiger charge is 2.03. The highest BCUT2D eigenvalue weighted by molar-refractivity contribution is 7.09. The van der Waals surface area contributed by atoms with E-state index in [2.05, 4.69) is 17.9 Å². The molecule has 1 aromatic carbocycles. The summed E-state index contributed by atoms with van der Waals surface area (Å²) in [6.45, 7) is 1.52. The highest BCUT2D eigenvalue weighted by atomic mass is 32.1. The average molecular weight is 287 g/mol. The van der Waals surface area contributed by atoms with Crippen molar-refractivity contribution in [2.24, 2.45) is 5.73 Å². The lowest BCUT2D eigenvalue weighted by molar-refractivity contribution is 0.109. The SMILES string of the molecule is COc1ccc(COCc2cccs2)cc1C#CCN. The average Bonchev–Trinajstić information content (AvgIpc) is 2.98. The number of hydrogen-bond acceptors (Lipinski definition) is 4. The minimum absolute atomic E-state index is 0.336. The maximum absolute atomic E-state index is 5.69. The summed E-state index contributed by atoms with van der Waals surface area (Å²) in [6.07, 6.45) is 0. The zero-order valence-electron chi connectivity index (χ0n) is 11.4. The zero-order chi connectivity index (χ0) is 14.2. The number of thiophene rings is 1. The predicted molar refractivity (Wildman–Crippen MR) is 81.7 cm³/mol. The molecule has 3 nitrogen and oxygen atoms in total. The lowest BCUT2D eigenvalue weighted by atomic mass is 10.1. The molecule has 0 saturated carbocycles. The molecule has 0 unspecified atom stereocenters. The van der Waals surface area contributed by atoms with Crippen LogP contribution >= 0.6 is 11.3 Å². The summed E-state index contributed by atoms with van der Waals surface area (Å²) in [5.74, 6) is 6.62. The van der Waals surface area contributed by atoms with Crippen molar-refractivity contribution in [3.8, 4) is 17.6 Å². The summed E-state index contributed by atoms with van der Waals surface area (Å²) in [7, 11) is 1.63. The Bertz CT molecular complexity index is 597. The van der Waals surface area contributed by atoms with Gasteiger partial charge >= 0.3 is 0 Å². The lowest BCUT2D eigenvalue weighted by Crippen LogP contribution is -1.96. The van der Waals surface area contributed by atoms with Crippen LogP contribution in [-0.2, 0) is 18.0 Å². The van der Waals surface area contributed by atoms with Crippen LogP contribution in [0.4, 0.5) is 0 Å². The van der Waals surface area contributed by atoms with Crippen LogP contribution in [0, 0.1) is 11.8 Å². The van der Waals surface area contributed by atoms with E-state index in [1.165, 1.54) is 4.88 Å². The third-order valence-corrected chi connectivity index (χ3v) is 3.53. The van der Waals surface area contributed by atoms with E-state index in [0.717, 1.165) is 16.9 Å². The standard InChI is InChI=1S/C16H17NO2S/c1-18-16-7-6-13(10-14(16)4-2-8-17)11-19-12-15-5-3-9-20-15/h3,5-7,9-10H,8,11-12,17H2,1H3. The van der Waals surface area contributed by atoms with Crippen molar-refractivity contribution in [2.75, 3.05) is 13.7 Å². The fourth-order valence-electron chi connectivity index (χ4n) is 1.75. The number of rotatable bonds is 5. The maximum Gasteiger partial charge on any atom is 0.134 e. The van der Waals surface area contributed by atoms with Crippen molar-refractivity contribution >= 4 is 11.3 Å². The Labute approximate surface area is 123 Å². The van der Waals surface area contributed by atoms with Gasteiger partial charge in [0.25, 0.3) is 0 Å². The fourth-order valence-corrected chi connectivity index (χ4v) is 2.39. The second kappa shape index (κ2) is 7.71. The molecule has 0 atom stereocenters. The quantitative estimate of drug-likeness (QED) is 0.860. The molecule has 1 aromatic heterocycles. The van der Waals surface area contributed by atoms with Gasteiger partial charge in [0.2, 0.25) is 0 Å². The van der Waals surface area contributed by atoms with Gasteiger partial charge in [-0.3, -0.25) is 0 Å². The van der Waals surface area contributed by atoms with Gasteiger partial charge in [-0.15, -0.1) is 11.3 Å². The van der Waals surface area contributed by atoms with Gasteiger partial charge in [-0.2, -0.15) is 0 Å². The monoisotopic (exact) mass is 287 g/mol. The Morgan fingerprint density at radius 2 is 2.15 bits per heavy atom. The number of hydrogen-bond donors (Lipinski definition) is 1. The van der Waals surface area contributed by atoms with Gasteiger partial charge in [-0.05, 0) is 29.1 Å².